The van der Waals surface area contributed by atoms with Crippen molar-refractivity contribution in [3.8, 4) is 0 Å². The molecule has 5 nitrogen and oxygen atoms in total. The fourth-order valence-corrected chi connectivity index (χ4v) is 2.59. The Hall–Kier alpha value is -2.04. The first-order chi connectivity index (χ1) is 9.88. The van der Waals surface area contributed by atoms with Gasteiger partial charge in [0.05, 0.1) is 5.56 Å². The number of rotatable bonds is 4. The third kappa shape index (κ3) is 3.54. The molecule has 5 heteroatoms. The molecule has 0 aromatic heterocycles. The third-order valence-electron chi connectivity index (χ3n) is 4.37. The van der Waals surface area contributed by atoms with E-state index in [9.17, 15) is 14.7 Å². The van der Waals surface area contributed by atoms with Crippen LogP contribution in [0.1, 0.15) is 47.7 Å². The van der Waals surface area contributed by atoms with Gasteiger partial charge in [0.25, 0.3) is 0 Å². The molecule has 2 rings (SSSR count). The van der Waals surface area contributed by atoms with Gasteiger partial charge in [-0.3, -0.25) is 0 Å². The van der Waals surface area contributed by atoms with E-state index in [0.29, 0.717) is 11.6 Å². The summed E-state index contributed by atoms with van der Waals surface area (Å²) in [6.07, 6.45) is 3.56. The van der Waals surface area contributed by atoms with Crippen LogP contribution in [0.15, 0.2) is 12.1 Å². The molecular formula is C16H22N2O3. The second kappa shape index (κ2) is 6.16. The number of carboxylic acid groups (broad SMARTS) is 1. The monoisotopic (exact) mass is 290 g/mol. The quantitative estimate of drug-likeness (QED) is 0.796. The Kier molecular flexibility index (Phi) is 4.50. The lowest BCUT2D eigenvalue weighted by Gasteiger charge is -2.31. The van der Waals surface area contributed by atoms with Gasteiger partial charge in [-0.1, -0.05) is 6.42 Å². The molecule has 2 amide bonds. The van der Waals surface area contributed by atoms with Crippen molar-refractivity contribution in [1.82, 2.24) is 5.32 Å². The number of hydrogen-bond acceptors (Lipinski definition) is 2. The van der Waals surface area contributed by atoms with Gasteiger partial charge in [-0.2, -0.15) is 0 Å². The molecule has 1 fully saturated rings. The number of carbonyl (C=O) groups excluding carboxylic acids is 1. The summed E-state index contributed by atoms with van der Waals surface area (Å²) in [5.74, 6) is -0.424. The van der Waals surface area contributed by atoms with Crippen LogP contribution in [0.5, 0.6) is 0 Å². The highest BCUT2D eigenvalue weighted by Gasteiger charge is 2.25. The topological polar surface area (TPSA) is 78.4 Å². The SMILES string of the molecule is Cc1cc(NC(=O)NC(C)C2CCC2)cc(C(=O)O)c1C. The van der Waals surface area contributed by atoms with Crippen molar-refractivity contribution in [3.63, 3.8) is 0 Å². The molecule has 1 aliphatic carbocycles. The molecule has 0 bridgehead atoms. The molecule has 1 atom stereocenters. The van der Waals surface area contributed by atoms with Crippen LogP contribution < -0.4 is 10.6 Å². The zero-order chi connectivity index (χ0) is 15.6. The van der Waals surface area contributed by atoms with Crippen LogP contribution in [0.3, 0.4) is 0 Å². The molecule has 1 aromatic rings. The summed E-state index contributed by atoms with van der Waals surface area (Å²) in [6, 6.07) is 3.14. The second-order valence-corrected chi connectivity index (χ2v) is 5.85. The van der Waals surface area contributed by atoms with Crippen LogP contribution in [0.2, 0.25) is 0 Å². The Morgan fingerprint density at radius 1 is 1.29 bits per heavy atom. The van der Waals surface area contributed by atoms with Gasteiger partial charge in [-0.25, -0.2) is 9.59 Å². The molecule has 0 saturated heterocycles. The summed E-state index contributed by atoms with van der Waals surface area (Å²) in [7, 11) is 0. The lowest BCUT2D eigenvalue weighted by Crippen LogP contribution is -2.42. The summed E-state index contributed by atoms with van der Waals surface area (Å²) in [4.78, 5) is 23.2. The lowest BCUT2D eigenvalue weighted by atomic mass is 9.80. The van der Waals surface area contributed by atoms with Crippen molar-refractivity contribution in [1.29, 1.82) is 0 Å². The first-order valence-electron chi connectivity index (χ1n) is 7.30. The smallest absolute Gasteiger partial charge is 0.336 e. The van der Waals surface area contributed by atoms with Gasteiger partial charge < -0.3 is 15.7 Å². The fraction of sp³-hybridized carbons (Fsp3) is 0.500. The number of amides is 2. The number of urea groups is 1. The molecule has 1 aromatic carbocycles. The Bertz CT molecular complexity index is 565. The molecule has 3 N–H and O–H groups in total. The van der Waals surface area contributed by atoms with E-state index in [1.165, 1.54) is 12.5 Å². The molecule has 1 unspecified atom stereocenters. The van der Waals surface area contributed by atoms with Gasteiger partial charge >= 0.3 is 12.0 Å². The van der Waals surface area contributed by atoms with Crippen LogP contribution in [-0.4, -0.2) is 23.1 Å². The number of carboxylic acids is 1. The first kappa shape index (κ1) is 15.4. The van der Waals surface area contributed by atoms with Crippen LogP contribution in [0.4, 0.5) is 10.5 Å². The fourth-order valence-electron chi connectivity index (χ4n) is 2.59. The minimum absolute atomic E-state index is 0.143. The number of anilines is 1. The molecule has 1 aliphatic rings. The zero-order valence-electron chi connectivity index (χ0n) is 12.7. The predicted octanol–water partition coefficient (Wildman–Crippen LogP) is 3.31. The predicted molar refractivity (Wildman–Crippen MR) is 81.8 cm³/mol. The van der Waals surface area contributed by atoms with Crippen LogP contribution >= 0.6 is 0 Å². The Morgan fingerprint density at radius 2 is 1.95 bits per heavy atom. The van der Waals surface area contributed by atoms with E-state index in [4.69, 9.17) is 0 Å². The van der Waals surface area contributed by atoms with E-state index in [2.05, 4.69) is 10.6 Å². The summed E-state index contributed by atoms with van der Waals surface area (Å²) < 4.78 is 0. The number of nitrogens with one attached hydrogen (secondary N) is 2. The van der Waals surface area contributed by atoms with Gasteiger partial charge in [0, 0.05) is 11.7 Å². The average Bonchev–Trinajstić information content (AvgIpc) is 2.30. The van der Waals surface area contributed by atoms with Crippen molar-refractivity contribution in [3.05, 3.63) is 28.8 Å². The highest BCUT2D eigenvalue weighted by atomic mass is 16.4. The van der Waals surface area contributed by atoms with E-state index in [1.807, 2.05) is 13.8 Å². The third-order valence-corrected chi connectivity index (χ3v) is 4.37. The van der Waals surface area contributed by atoms with Crippen LogP contribution in [0.25, 0.3) is 0 Å². The summed E-state index contributed by atoms with van der Waals surface area (Å²) >= 11 is 0. The van der Waals surface area contributed by atoms with Crippen molar-refractivity contribution < 1.29 is 14.7 Å². The molecule has 0 heterocycles. The van der Waals surface area contributed by atoms with Crippen molar-refractivity contribution >= 4 is 17.7 Å². The Labute approximate surface area is 124 Å². The van der Waals surface area contributed by atoms with Gasteiger partial charge in [0.2, 0.25) is 0 Å². The second-order valence-electron chi connectivity index (χ2n) is 5.85. The highest BCUT2D eigenvalue weighted by molar-refractivity contribution is 5.94. The maximum atomic E-state index is 12.0. The van der Waals surface area contributed by atoms with Gasteiger partial charge in [0.15, 0.2) is 0 Å². The van der Waals surface area contributed by atoms with Crippen LogP contribution in [0, 0.1) is 19.8 Å². The maximum Gasteiger partial charge on any atom is 0.336 e. The summed E-state index contributed by atoms with van der Waals surface area (Å²) in [5, 5.41) is 14.8. The summed E-state index contributed by atoms with van der Waals surface area (Å²) in [6.45, 7) is 5.61. The molecule has 0 spiro atoms. The van der Waals surface area contributed by atoms with E-state index in [1.54, 1.807) is 13.0 Å². The van der Waals surface area contributed by atoms with E-state index < -0.39 is 5.97 Å². The Morgan fingerprint density at radius 3 is 2.48 bits per heavy atom. The normalized spacial score (nSPS) is 16.0. The molecular weight excluding hydrogens is 268 g/mol. The number of benzene rings is 1. The number of aryl methyl sites for hydroxylation is 1. The molecule has 0 radical (unpaired) electrons. The van der Waals surface area contributed by atoms with Crippen LogP contribution in [-0.2, 0) is 0 Å². The summed E-state index contributed by atoms with van der Waals surface area (Å²) in [5.41, 5.74) is 2.29. The Balaban J connectivity index is 2.04. The minimum atomic E-state index is -0.984. The van der Waals surface area contributed by atoms with E-state index in [0.717, 1.165) is 24.0 Å². The lowest BCUT2D eigenvalue weighted by molar-refractivity contribution is 0.0696. The number of aromatic carboxylic acids is 1. The standard InChI is InChI=1S/C16H22N2O3/c1-9-7-13(8-14(10(9)2)15(19)20)18-16(21)17-11(3)12-5-4-6-12/h7-8,11-12H,4-6H2,1-3H3,(H,19,20)(H2,17,18,21). The van der Waals surface area contributed by atoms with Crippen molar-refractivity contribution in [2.45, 2.75) is 46.1 Å². The number of carbonyl (C=O) groups is 2. The molecule has 1 saturated carbocycles. The van der Waals surface area contributed by atoms with E-state index >= 15 is 0 Å². The molecule has 114 valence electrons. The van der Waals surface area contributed by atoms with Crippen molar-refractivity contribution in [2.24, 2.45) is 5.92 Å². The highest BCUT2D eigenvalue weighted by Crippen LogP contribution is 2.29. The van der Waals surface area contributed by atoms with Crippen molar-refractivity contribution in [2.75, 3.05) is 5.32 Å². The average molecular weight is 290 g/mol. The van der Waals surface area contributed by atoms with Gasteiger partial charge in [-0.05, 0) is 62.8 Å². The molecule has 0 aliphatic heterocycles. The number of hydrogen-bond donors (Lipinski definition) is 3. The zero-order valence-corrected chi connectivity index (χ0v) is 12.7. The largest absolute Gasteiger partial charge is 0.478 e. The van der Waals surface area contributed by atoms with E-state index in [-0.39, 0.29) is 17.6 Å². The minimum Gasteiger partial charge on any atom is -0.478 e. The molecule has 21 heavy (non-hydrogen) atoms. The van der Waals surface area contributed by atoms with Gasteiger partial charge in [-0.15, -0.1) is 0 Å². The maximum absolute atomic E-state index is 12.0. The first-order valence-corrected chi connectivity index (χ1v) is 7.30. The van der Waals surface area contributed by atoms with Gasteiger partial charge in [0.1, 0.15) is 0 Å².